The van der Waals surface area contributed by atoms with E-state index in [0.717, 1.165) is 12.6 Å². The van der Waals surface area contributed by atoms with Crippen molar-refractivity contribution in [2.75, 3.05) is 23.8 Å². The number of fused-ring (bicyclic) bond motifs is 1. The van der Waals surface area contributed by atoms with Gasteiger partial charge in [-0.2, -0.15) is 0 Å². The van der Waals surface area contributed by atoms with E-state index in [-0.39, 0.29) is 11.1 Å². The van der Waals surface area contributed by atoms with E-state index in [4.69, 9.17) is 26.8 Å². The van der Waals surface area contributed by atoms with Crippen LogP contribution < -0.4 is 21.1 Å². The Bertz CT molecular complexity index is 1150. The van der Waals surface area contributed by atoms with Gasteiger partial charge in [0.1, 0.15) is 29.8 Å². The quantitative estimate of drug-likeness (QED) is 0.497. The molecule has 1 atom stereocenters. The van der Waals surface area contributed by atoms with Gasteiger partial charge >= 0.3 is 0 Å². The molecule has 4 rings (SSSR count). The van der Waals surface area contributed by atoms with Crippen molar-refractivity contribution in [1.29, 1.82) is 0 Å². The number of nitrogens with one attached hydrogen (secondary N) is 2. The maximum atomic E-state index is 13.5. The molecule has 0 spiro atoms. The molecular formula is C21H19ClFN5O3. The lowest BCUT2D eigenvalue weighted by Gasteiger charge is -2.17. The Morgan fingerprint density at radius 2 is 2.19 bits per heavy atom. The van der Waals surface area contributed by atoms with Crippen LogP contribution in [-0.4, -0.2) is 35.2 Å². The average Bonchev–Trinajstić information content (AvgIpc) is 3.25. The maximum Gasteiger partial charge on any atom is 0.249 e. The Hall–Kier alpha value is -3.43. The highest BCUT2D eigenvalue weighted by Crippen LogP contribution is 2.35. The average molecular weight is 444 g/mol. The number of carbonyl (C=O) groups excluding carboxylic acids is 1. The van der Waals surface area contributed by atoms with E-state index < -0.39 is 11.7 Å². The molecular weight excluding hydrogens is 425 g/mol. The smallest absolute Gasteiger partial charge is 0.249 e. The summed E-state index contributed by atoms with van der Waals surface area (Å²) < 4.78 is 24.9. The van der Waals surface area contributed by atoms with Gasteiger partial charge in [-0.05, 0) is 30.5 Å². The van der Waals surface area contributed by atoms with Gasteiger partial charge in [0, 0.05) is 29.6 Å². The summed E-state index contributed by atoms with van der Waals surface area (Å²) in [7, 11) is 0. The molecule has 3 aromatic rings. The third-order valence-electron chi connectivity index (χ3n) is 4.61. The van der Waals surface area contributed by atoms with Crippen LogP contribution in [0.2, 0.25) is 5.02 Å². The number of ether oxygens (including phenoxy) is 2. The number of halogens is 2. The van der Waals surface area contributed by atoms with Gasteiger partial charge in [0.05, 0.1) is 29.4 Å². The van der Waals surface area contributed by atoms with Crippen molar-refractivity contribution >= 4 is 45.6 Å². The fourth-order valence-electron chi connectivity index (χ4n) is 3.14. The minimum absolute atomic E-state index is 0.0145. The predicted molar refractivity (Wildman–Crippen MR) is 116 cm³/mol. The van der Waals surface area contributed by atoms with Crippen molar-refractivity contribution in [3.63, 3.8) is 0 Å². The number of carbonyl (C=O) groups is 1. The molecule has 0 aliphatic carbocycles. The number of aromatic nitrogens is 2. The van der Waals surface area contributed by atoms with Gasteiger partial charge in [0.25, 0.3) is 0 Å². The molecule has 1 aromatic heterocycles. The number of nitrogens with two attached hydrogens (primary N) is 1. The summed E-state index contributed by atoms with van der Waals surface area (Å²) in [4.78, 5) is 20.7. The lowest BCUT2D eigenvalue weighted by Crippen LogP contribution is -2.18. The van der Waals surface area contributed by atoms with Crippen molar-refractivity contribution < 1.29 is 18.7 Å². The van der Waals surface area contributed by atoms with Crippen LogP contribution in [0.4, 0.5) is 21.6 Å². The van der Waals surface area contributed by atoms with Crippen LogP contribution >= 0.6 is 11.6 Å². The highest BCUT2D eigenvalue weighted by atomic mass is 35.5. The van der Waals surface area contributed by atoms with Gasteiger partial charge in [-0.1, -0.05) is 11.6 Å². The van der Waals surface area contributed by atoms with Crippen molar-refractivity contribution in [3.05, 3.63) is 59.8 Å². The van der Waals surface area contributed by atoms with E-state index >= 15 is 0 Å². The summed E-state index contributed by atoms with van der Waals surface area (Å²) in [6, 6.07) is 7.68. The SMILES string of the molecule is N/C=C/C(=O)Nc1cc2c(Nc3ccc(F)c(Cl)c3)ncnc2cc1O[C@H]1CCOC1. The number of benzene rings is 2. The monoisotopic (exact) mass is 443 g/mol. The molecule has 1 fully saturated rings. The van der Waals surface area contributed by atoms with E-state index in [1.54, 1.807) is 18.2 Å². The first-order valence-corrected chi connectivity index (χ1v) is 9.86. The zero-order valence-corrected chi connectivity index (χ0v) is 17.0. The summed E-state index contributed by atoms with van der Waals surface area (Å²) in [5.41, 5.74) is 6.89. The number of anilines is 3. The van der Waals surface area contributed by atoms with Crippen LogP contribution in [0.5, 0.6) is 5.75 Å². The normalized spacial score (nSPS) is 16.0. The van der Waals surface area contributed by atoms with E-state index in [2.05, 4.69) is 20.6 Å². The molecule has 0 unspecified atom stereocenters. The van der Waals surface area contributed by atoms with Crippen LogP contribution in [0.25, 0.3) is 10.9 Å². The Labute approximate surface area is 182 Å². The fourth-order valence-corrected chi connectivity index (χ4v) is 3.32. The molecule has 4 N–H and O–H groups in total. The molecule has 1 aliphatic heterocycles. The third kappa shape index (κ3) is 4.84. The molecule has 1 amide bonds. The summed E-state index contributed by atoms with van der Waals surface area (Å²) in [5, 5.41) is 6.46. The molecule has 1 aliphatic rings. The summed E-state index contributed by atoms with van der Waals surface area (Å²) >= 11 is 5.87. The second-order valence-corrected chi connectivity index (χ2v) is 7.20. The lowest BCUT2D eigenvalue weighted by molar-refractivity contribution is -0.111. The second-order valence-electron chi connectivity index (χ2n) is 6.79. The van der Waals surface area contributed by atoms with Crippen molar-refractivity contribution in [2.24, 2.45) is 5.73 Å². The molecule has 31 heavy (non-hydrogen) atoms. The van der Waals surface area contributed by atoms with Gasteiger partial charge in [0.15, 0.2) is 0 Å². The topological polar surface area (TPSA) is 111 Å². The molecule has 160 valence electrons. The van der Waals surface area contributed by atoms with Crippen LogP contribution in [0.15, 0.2) is 48.9 Å². The van der Waals surface area contributed by atoms with Crippen molar-refractivity contribution in [3.8, 4) is 5.75 Å². The lowest BCUT2D eigenvalue weighted by atomic mass is 10.1. The molecule has 10 heteroatoms. The van der Waals surface area contributed by atoms with E-state index in [9.17, 15) is 9.18 Å². The minimum atomic E-state index is -0.518. The largest absolute Gasteiger partial charge is 0.486 e. The summed E-state index contributed by atoms with van der Waals surface area (Å²) in [6.07, 6.45) is 4.37. The number of hydrogen-bond acceptors (Lipinski definition) is 7. The first kappa shape index (κ1) is 20.8. The molecule has 1 saturated heterocycles. The van der Waals surface area contributed by atoms with Gasteiger partial charge < -0.3 is 25.8 Å². The van der Waals surface area contributed by atoms with Gasteiger partial charge in [-0.15, -0.1) is 0 Å². The Balaban J connectivity index is 1.74. The van der Waals surface area contributed by atoms with Crippen LogP contribution in [0.3, 0.4) is 0 Å². The standard InChI is InChI=1S/C21H19ClFN5O3/c22-15-7-12(1-2-16(15)23)27-21-14-8-18(28-20(29)3-5-24)19(9-17(14)25-11-26-21)31-13-4-6-30-10-13/h1-3,5,7-9,11,13H,4,6,10,24H2,(H,28,29)(H,25,26,27)/b5-3+/t13-/m0/s1. The predicted octanol–water partition coefficient (Wildman–Crippen LogP) is 3.74. The van der Waals surface area contributed by atoms with E-state index in [1.807, 2.05) is 0 Å². The van der Waals surface area contributed by atoms with Crippen molar-refractivity contribution in [2.45, 2.75) is 12.5 Å². The zero-order valence-electron chi connectivity index (χ0n) is 16.3. The molecule has 8 nitrogen and oxygen atoms in total. The summed E-state index contributed by atoms with van der Waals surface area (Å²) in [6.45, 7) is 1.09. The van der Waals surface area contributed by atoms with E-state index in [0.29, 0.717) is 47.1 Å². The third-order valence-corrected chi connectivity index (χ3v) is 4.90. The van der Waals surface area contributed by atoms with Gasteiger partial charge in [0.2, 0.25) is 5.91 Å². The van der Waals surface area contributed by atoms with E-state index in [1.165, 1.54) is 24.5 Å². The first-order chi connectivity index (χ1) is 15.0. The minimum Gasteiger partial charge on any atom is -0.486 e. The molecule has 0 radical (unpaired) electrons. The number of nitrogens with zero attached hydrogens (tertiary/aromatic N) is 2. The highest BCUT2D eigenvalue weighted by Gasteiger charge is 2.20. The van der Waals surface area contributed by atoms with Gasteiger partial charge in [-0.25, -0.2) is 14.4 Å². The van der Waals surface area contributed by atoms with Crippen LogP contribution in [0, 0.1) is 5.82 Å². The molecule has 0 saturated carbocycles. The molecule has 0 bridgehead atoms. The summed E-state index contributed by atoms with van der Waals surface area (Å²) in [5.74, 6) is -0.0222. The van der Waals surface area contributed by atoms with Crippen molar-refractivity contribution in [1.82, 2.24) is 9.97 Å². The Kier molecular flexibility index (Phi) is 6.15. The van der Waals surface area contributed by atoms with Gasteiger partial charge in [-0.3, -0.25) is 4.79 Å². The Morgan fingerprint density at radius 1 is 1.32 bits per heavy atom. The molecule has 2 aromatic carbocycles. The van der Waals surface area contributed by atoms with Crippen LogP contribution in [-0.2, 0) is 9.53 Å². The number of rotatable bonds is 6. The zero-order chi connectivity index (χ0) is 21.8. The Morgan fingerprint density at radius 3 is 2.94 bits per heavy atom. The first-order valence-electron chi connectivity index (χ1n) is 9.48. The number of amides is 1. The van der Waals surface area contributed by atoms with Crippen LogP contribution in [0.1, 0.15) is 6.42 Å². The number of hydrogen-bond donors (Lipinski definition) is 3. The highest BCUT2D eigenvalue weighted by molar-refractivity contribution is 6.31. The fraction of sp³-hybridized carbons (Fsp3) is 0.190. The maximum absolute atomic E-state index is 13.5. The molecule has 2 heterocycles. The second kappa shape index (κ2) is 9.15.